The molecule has 0 aromatic heterocycles. The molecule has 1 aromatic rings. The van der Waals surface area contributed by atoms with E-state index in [2.05, 4.69) is 39.8 Å². The second-order valence-corrected chi connectivity index (χ2v) is 6.70. The number of hydrogen-bond acceptors (Lipinski definition) is 5. The van der Waals surface area contributed by atoms with Crippen LogP contribution in [0.25, 0.3) is 0 Å². The minimum atomic E-state index is -0.784. The number of fused-ring (bicyclic) bond motifs is 1. The number of aliphatic hydroxyl groups is 1. The minimum absolute atomic E-state index is 0. The molecule has 1 fully saturated rings. The van der Waals surface area contributed by atoms with Gasteiger partial charge in [0.1, 0.15) is 5.60 Å². The molecular weight excluding hydrogens is 361 g/mol. The fraction of sp³-hybridized carbons (Fsp3) is 0.667. The van der Waals surface area contributed by atoms with Gasteiger partial charge in [-0.1, -0.05) is 18.2 Å². The predicted octanol–water partition coefficient (Wildman–Crippen LogP) is 1.61. The Bertz CT molecular complexity index is 497. The molecule has 0 saturated carbocycles. The van der Waals surface area contributed by atoms with E-state index in [0.717, 1.165) is 32.6 Å². The molecule has 0 radical (unpaired) electrons. The minimum Gasteiger partial charge on any atom is -0.385 e. The van der Waals surface area contributed by atoms with Crippen LogP contribution in [0.2, 0.25) is 0 Å². The van der Waals surface area contributed by atoms with Gasteiger partial charge < -0.3 is 25.4 Å². The van der Waals surface area contributed by atoms with E-state index in [4.69, 9.17) is 4.74 Å². The Morgan fingerprint density at radius 3 is 3.00 bits per heavy atom. The molecule has 1 saturated heterocycles. The van der Waals surface area contributed by atoms with Gasteiger partial charge in [0.25, 0.3) is 0 Å². The van der Waals surface area contributed by atoms with Crippen molar-refractivity contribution in [1.29, 1.82) is 0 Å². The number of para-hydroxylation sites is 1. The monoisotopic (exact) mass is 391 g/mol. The first-order chi connectivity index (χ1) is 11.3. The standard InChI is InChI=1S/C18H29N3O2.2ClH/c22-18(14-20-9-12-23-15-18)13-19-8-4-11-21-10-3-6-16-5-1-2-7-17(16)21;;/h1-2,5,7,19-20,22H,3-4,6,8-15H2;2*1H. The Labute approximate surface area is 163 Å². The highest BCUT2D eigenvalue weighted by Crippen LogP contribution is 2.26. The molecule has 1 unspecified atom stereocenters. The molecule has 144 valence electrons. The molecule has 2 heterocycles. The summed E-state index contributed by atoms with van der Waals surface area (Å²) in [7, 11) is 0. The maximum Gasteiger partial charge on any atom is 0.113 e. The van der Waals surface area contributed by atoms with E-state index >= 15 is 0 Å². The topological polar surface area (TPSA) is 56.8 Å². The van der Waals surface area contributed by atoms with Crippen molar-refractivity contribution in [3.8, 4) is 0 Å². The van der Waals surface area contributed by atoms with E-state index < -0.39 is 5.60 Å². The summed E-state index contributed by atoms with van der Waals surface area (Å²) in [4.78, 5) is 2.49. The van der Waals surface area contributed by atoms with Gasteiger partial charge in [-0.2, -0.15) is 0 Å². The third kappa shape index (κ3) is 6.59. The first kappa shape index (κ1) is 22.5. The summed E-state index contributed by atoms with van der Waals surface area (Å²) < 4.78 is 5.44. The van der Waals surface area contributed by atoms with Crippen molar-refractivity contribution >= 4 is 30.5 Å². The van der Waals surface area contributed by atoms with Crippen LogP contribution in [0.4, 0.5) is 5.69 Å². The molecule has 1 atom stereocenters. The van der Waals surface area contributed by atoms with Crippen LogP contribution in [0, 0.1) is 0 Å². The SMILES string of the molecule is Cl.Cl.OC1(CNCCCN2CCCc3ccccc32)CNCCOC1. The second kappa shape index (κ2) is 11.2. The van der Waals surface area contributed by atoms with Crippen molar-refractivity contribution < 1.29 is 9.84 Å². The van der Waals surface area contributed by atoms with Crippen molar-refractivity contribution in [2.24, 2.45) is 0 Å². The largest absolute Gasteiger partial charge is 0.385 e. The van der Waals surface area contributed by atoms with Gasteiger partial charge in [0.2, 0.25) is 0 Å². The lowest BCUT2D eigenvalue weighted by Gasteiger charge is -2.31. The van der Waals surface area contributed by atoms with Crippen molar-refractivity contribution in [2.45, 2.75) is 24.9 Å². The van der Waals surface area contributed by atoms with Crippen molar-refractivity contribution in [2.75, 3.05) is 57.4 Å². The average Bonchev–Trinajstić information content (AvgIpc) is 2.80. The number of nitrogens with one attached hydrogen (secondary N) is 2. The summed E-state index contributed by atoms with van der Waals surface area (Å²) in [6, 6.07) is 8.74. The lowest BCUT2D eigenvalue weighted by molar-refractivity contribution is -0.0261. The first-order valence-electron chi connectivity index (χ1n) is 8.81. The lowest BCUT2D eigenvalue weighted by Crippen LogP contribution is -2.50. The van der Waals surface area contributed by atoms with Gasteiger partial charge in [0.05, 0.1) is 13.2 Å². The van der Waals surface area contributed by atoms with E-state index in [9.17, 15) is 5.11 Å². The Morgan fingerprint density at radius 2 is 2.12 bits per heavy atom. The quantitative estimate of drug-likeness (QED) is 0.643. The van der Waals surface area contributed by atoms with Gasteiger partial charge in [0, 0.05) is 38.4 Å². The average molecular weight is 392 g/mol. The highest BCUT2D eigenvalue weighted by Gasteiger charge is 2.28. The molecule has 1 aromatic carbocycles. The Kier molecular flexibility index (Phi) is 10.1. The molecule has 3 N–H and O–H groups in total. The summed E-state index contributed by atoms with van der Waals surface area (Å²) in [5, 5.41) is 17.1. The molecule has 7 heteroatoms. The van der Waals surface area contributed by atoms with Crippen LogP contribution in [0.5, 0.6) is 0 Å². The van der Waals surface area contributed by atoms with Crippen molar-refractivity contribution in [3.63, 3.8) is 0 Å². The van der Waals surface area contributed by atoms with Crippen LogP contribution in [-0.2, 0) is 11.2 Å². The van der Waals surface area contributed by atoms with Crippen molar-refractivity contribution in [3.05, 3.63) is 29.8 Å². The summed E-state index contributed by atoms with van der Waals surface area (Å²) in [5.41, 5.74) is 2.09. The Morgan fingerprint density at radius 1 is 1.28 bits per heavy atom. The number of β-amino-alcohol motifs (C(OH)–C–C–N with tert-alkyl or cyclic N) is 1. The summed E-state index contributed by atoms with van der Waals surface area (Å²) in [5.74, 6) is 0. The van der Waals surface area contributed by atoms with Crippen LogP contribution in [-0.4, -0.2) is 63.2 Å². The van der Waals surface area contributed by atoms with E-state index in [1.54, 1.807) is 0 Å². The number of rotatable bonds is 6. The van der Waals surface area contributed by atoms with Gasteiger partial charge in [-0.25, -0.2) is 0 Å². The van der Waals surface area contributed by atoms with E-state index in [-0.39, 0.29) is 24.8 Å². The molecule has 0 amide bonds. The fourth-order valence-corrected chi connectivity index (χ4v) is 3.45. The smallest absolute Gasteiger partial charge is 0.113 e. The highest BCUT2D eigenvalue weighted by atomic mass is 35.5. The molecule has 5 nitrogen and oxygen atoms in total. The molecule has 3 rings (SSSR count). The number of halogens is 2. The summed E-state index contributed by atoms with van der Waals surface area (Å²) >= 11 is 0. The van der Waals surface area contributed by atoms with Gasteiger partial charge in [0.15, 0.2) is 0 Å². The molecule has 2 aliphatic rings. The van der Waals surface area contributed by atoms with Crippen molar-refractivity contribution in [1.82, 2.24) is 10.6 Å². The number of nitrogens with zero attached hydrogens (tertiary/aromatic N) is 1. The zero-order valence-corrected chi connectivity index (χ0v) is 16.3. The predicted molar refractivity (Wildman–Crippen MR) is 108 cm³/mol. The maximum atomic E-state index is 10.5. The maximum absolute atomic E-state index is 10.5. The van der Waals surface area contributed by atoms with Crippen LogP contribution < -0.4 is 15.5 Å². The van der Waals surface area contributed by atoms with E-state index in [1.807, 2.05) is 0 Å². The third-order valence-corrected chi connectivity index (χ3v) is 4.69. The summed E-state index contributed by atoms with van der Waals surface area (Å²) in [6.45, 7) is 6.22. The molecular formula is C18H31Cl2N3O2. The number of aryl methyl sites for hydroxylation is 1. The third-order valence-electron chi connectivity index (χ3n) is 4.69. The van der Waals surface area contributed by atoms with Crippen LogP contribution in [0.15, 0.2) is 24.3 Å². The number of hydrogen-bond donors (Lipinski definition) is 3. The number of ether oxygens (including phenoxy) is 1. The molecule has 0 bridgehead atoms. The molecule has 25 heavy (non-hydrogen) atoms. The van der Waals surface area contributed by atoms with Gasteiger partial charge >= 0.3 is 0 Å². The lowest BCUT2D eigenvalue weighted by atomic mass is 10.0. The fourth-order valence-electron chi connectivity index (χ4n) is 3.45. The Hall–Kier alpha value is -0.560. The molecule has 2 aliphatic heterocycles. The highest BCUT2D eigenvalue weighted by molar-refractivity contribution is 5.85. The molecule has 0 spiro atoms. The second-order valence-electron chi connectivity index (χ2n) is 6.70. The van der Waals surface area contributed by atoms with Gasteiger partial charge in [-0.15, -0.1) is 24.8 Å². The number of benzene rings is 1. The zero-order chi connectivity index (χ0) is 16.0. The summed E-state index contributed by atoms with van der Waals surface area (Å²) in [6.07, 6.45) is 3.52. The first-order valence-corrected chi connectivity index (χ1v) is 8.81. The van der Waals surface area contributed by atoms with Gasteiger partial charge in [-0.05, 0) is 37.4 Å². The van der Waals surface area contributed by atoms with E-state index in [1.165, 1.54) is 24.1 Å². The molecule has 0 aliphatic carbocycles. The van der Waals surface area contributed by atoms with Crippen LogP contribution in [0.3, 0.4) is 0 Å². The van der Waals surface area contributed by atoms with E-state index in [0.29, 0.717) is 26.3 Å². The van der Waals surface area contributed by atoms with Gasteiger partial charge in [-0.3, -0.25) is 0 Å². The number of anilines is 1. The zero-order valence-electron chi connectivity index (χ0n) is 14.7. The Balaban J connectivity index is 0.00000156. The van der Waals surface area contributed by atoms with Crippen LogP contribution >= 0.6 is 24.8 Å². The van der Waals surface area contributed by atoms with Crippen LogP contribution in [0.1, 0.15) is 18.4 Å². The normalized spacial score (nSPS) is 23.0.